The Morgan fingerprint density at radius 1 is 1.46 bits per heavy atom. The van der Waals surface area contributed by atoms with Gasteiger partial charge in [-0.1, -0.05) is 12.6 Å². The van der Waals surface area contributed by atoms with Crippen LogP contribution in [0.2, 0.25) is 0 Å². The minimum absolute atomic E-state index is 0.207. The Hall–Kier alpha value is -2.84. The predicted molar refractivity (Wildman–Crippen MR) is 90.2 cm³/mol. The first-order valence-corrected chi connectivity index (χ1v) is 7.43. The number of anilines is 2. The Morgan fingerprint density at radius 3 is 3.08 bits per heavy atom. The highest BCUT2D eigenvalue weighted by Gasteiger charge is 2.17. The molecule has 2 aromatic rings. The van der Waals surface area contributed by atoms with Crippen LogP contribution in [0.5, 0.6) is 5.75 Å². The van der Waals surface area contributed by atoms with Crippen molar-refractivity contribution in [3.05, 3.63) is 48.4 Å². The summed E-state index contributed by atoms with van der Waals surface area (Å²) in [5.41, 5.74) is 8.00. The van der Waals surface area contributed by atoms with Gasteiger partial charge in [-0.25, -0.2) is 9.97 Å². The van der Waals surface area contributed by atoms with E-state index in [1.165, 1.54) is 6.33 Å². The summed E-state index contributed by atoms with van der Waals surface area (Å²) in [5, 5.41) is 25.6. The number of hydrogen-bond donors (Lipinski definition) is 5. The largest absolute Gasteiger partial charge is 0.487 e. The zero-order chi connectivity index (χ0) is 17.1. The molecule has 1 aromatic heterocycles. The van der Waals surface area contributed by atoms with Crippen LogP contribution in [0.1, 0.15) is 11.3 Å². The zero-order valence-corrected chi connectivity index (χ0v) is 12.9. The molecule has 2 atom stereocenters. The van der Waals surface area contributed by atoms with E-state index in [1.807, 2.05) is 12.1 Å². The van der Waals surface area contributed by atoms with E-state index in [9.17, 15) is 10.2 Å². The maximum absolute atomic E-state index is 10.2. The van der Waals surface area contributed by atoms with E-state index >= 15 is 0 Å². The lowest BCUT2D eigenvalue weighted by Crippen LogP contribution is -2.31. The minimum Gasteiger partial charge on any atom is -0.487 e. The highest BCUT2D eigenvalue weighted by molar-refractivity contribution is 5.60. The Labute approximate surface area is 139 Å². The first kappa shape index (κ1) is 16.0. The summed E-state index contributed by atoms with van der Waals surface area (Å²) in [6.07, 6.45) is 0.101. The highest BCUT2D eigenvalue weighted by Crippen LogP contribution is 2.29. The number of hydrogen-bond acceptors (Lipinski definition) is 8. The van der Waals surface area contributed by atoms with Crippen LogP contribution in [0.25, 0.3) is 5.70 Å². The minimum atomic E-state index is -0.855. The normalized spacial score (nSPS) is 17.2. The van der Waals surface area contributed by atoms with Crippen molar-refractivity contribution in [2.24, 2.45) is 5.73 Å². The lowest BCUT2D eigenvalue weighted by atomic mass is 10.1. The van der Waals surface area contributed by atoms with E-state index in [0.717, 1.165) is 5.56 Å². The van der Waals surface area contributed by atoms with Crippen molar-refractivity contribution in [2.45, 2.75) is 18.9 Å². The van der Waals surface area contributed by atoms with Gasteiger partial charge in [0.2, 0.25) is 0 Å². The third kappa shape index (κ3) is 3.73. The maximum atomic E-state index is 10.2. The van der Waals surface area contributed by atoms with Crippen LogP contribution < -0.4 is 21.1 Å². The quantitative estimate of drug-likeness (QED) is 0.502. The molecule has 0 spiro atoms. The monoisotopic (exact) mass is 329 g/mol. The van der Waals surface area contributed by atoms with Crippen LogP contribution in [0.3, 0.4) is 0 Å². The van der Waals surface area contributed by atoms with E-state index in [2.05, 4.69) is 27.2 Å². The Kier molecular flexibility index (Phi) is 4.50. The number of aliphatic hydroxyl groups excluding tert-OH is 2. The molecule has 0 fully saturated rings. The van der Waals surface area contributed by atoms with Crippen molar-refractivity contribution >= 4 is 17.2 Å². The average Bonchev–Trinajstić information content (AvgIpc) is 2.54. The average molecular weight is 329 g/mol. The number of nitrogens with zero attached hydrogens (tertiary/aromatic N) is 2. The fourth-order valence-electron chi connectivity index (χ4n) is 2.39. The Bertz CT molecular complexity index is 752. The van der Waals surface area contributed by atoms with Crippen LogP contribution in [0.4, 0.5) is 11.5 Å². The molecule has 2 heterocycles. The van der Waals surface area contributed by atoms with Crippen molar-refractivity contribution in [2.75, 3.05) is 17.2 Å². The number of rotatable bonds is 5. The van der Waals surface area contributed by atoms with E-state index < -0.39 is 12.5 Å². The fourth-order valence-corrected chi connectivity index (χ4v) is 2.39. The summed E-state index contributed by atoms with van der Waals surface area (Å²) in [6, 6.07) is 7.10. The van der Waals surface area contributed by atoms with Crippen molar-refractivity contribution < 1.29 is 14.9 Å². The lowest BCUT2D eigenvalue weighted by molar-refractivity contribution is 0.119. The second kappa shape index (κ2) is 6.73. The molecule has 0 amide bonds. The lowest BCUT2D eigenvalue weighted by Gasteiger charge is -2.24. The molecule has 0 saturated carbocycles. The van der Waals surface area contributed by atoms with E-state index in [1.54, 1.807) is 12.1 Å². The van der Waals surface area contributed by atoms with Crippen molar-refractivity contribution in [3.8, 4) is 5.75 Å². The van der Waals surface area contributed by atoms with Crippen molar-refractivity contribution in [1.29, 1.82) is 0 Å². The summed E-state index contributed by atoms with van der Waals surface area (Å²) in [7, 11) is 0. The molecule has 0 saturated heterocycles. The van der Waals surface area contributed by atoms with Crippen LogP contribution in [0.15, 0.2) is 37.2 Å². The molecule has 1 aromatic carbocycles. The second-order valence-electron chi connectivity index (χ2n) is 5.48. The Morgan fingerprint density at radius 2 is 2.29 bits per heavy atom. The maximum Gasteiger partial charge on any atom is 0.159 e. The number of ether oxygens (including phenoxy) is 1. The summed E-state index contributed by atoms with van der Waals surface area (Å²) in [4.78, 5) is 8.02. The SMILES string of the molecule is C=C(N)c1cc(NC(O)Cc2ccc3c(c2)NC(O)CO3)ncn1. The molecule has 0 aliphatic carbocycles. The van der Waals surface area contributed by atoms with Gasteiger partial charge >= 0.3 is 0 Å². The molecular formula is C16H19N5O3. The number of fused-ring (bicyclic) bond motifs is 1. The van der Waals surface area contributed by atoms with Gasteiger partial charge in [0.15, 0.2) is 6.23 Å². The first-order valence-electron chi connectivity index (χ1n) is 7.43. The van der Waals surface area contributed by atoms with Crippen molar-refractivity contribution in [3.63, 3.8) is 0 Å². The molecule has 6 N–H and O–H groups in total. The van der Waals surface area contributed by atoms with Crippen LogP contribution in [0, 0.1) is 0 Å². The summed E-state index contributed by atoms with van der Waals surface area (Å²) in [5.74, 6) is 1.13. The van der Waals surface area contributed by atoms with Crippen LogP contribution >= 0.6 is 0 Å². The van der Waals surface area contributed by atoms with Gasteiger partial charge in [-0.15, -0.1) is 0 Å². The van der Waals surface area contributed by atoms with Gasteiger partial charge in [-0.3, -0.25) is 0 Å². The third-order valence-corrected chi connectivity index (χ3v) is 3.50. The second-order valence-corrected chi connectivity index (χ2v) is 5.48. The van der Waals surface area contributed by atoms with Crippen LogP contribution in [-0.4, -0.2) is 39.2 Å². The zero-order valence-electron chi connectivity index (χ0n) is 12.9. The highest BCUT2D eigenvalue weighted by atomic mass is 16.5. The van der Waals surface area contributed by atoms with Gasteiger partial charge in [-0.2, -0.15) is 0 Å². The van der Waals surface area contributed by atoms with Gasteiger partial charge < -0.3 is 31.3 Å². The van der Waals surface area contributed by atoms with E-state index in [4.69, 9.17) is 10.5 Å². The van der Waals surface area contributed by atoms with Gasteiger partial charge in [0.1, 0.15) is 30.7 Å². The smallest absolute Gasteiger partial charge is 0.159 e. The number of benzene rings is 1. The fraction of sp³-hybridized carbons (Fsp3) is 0.250. The molecule has 1 aliphatic heterocycles. The number of nitrogens with two attached hydrogens (primary N) is 1. The molecule has 8 nitrogen and oxygen atoms in total. The van der Waals surface area contributed by atoms with E-state index in [0.29, 0.717) is 35.1 Å². The summed E-state index contributed by atoms with van der Waals surface area (Å²) in [6.45, 7) is 3.83. The summed E-state index contributed by atoms with van der Waals surface area (Å²) >= 11 is 0. The number of nitrogens with one attached hydrogen (secondary N) is 2. The third-order valence-electron chi connectivity index (χ3n) is 3.50. The summed E-state index contributed by atoms with van der Waals surface area (Å²) < 4.78 is 5.40. The van der Waals surface area contributed by atoms with Gasteiger partial charge in [0.25, 0.3) is 0 Å². The van der Waals surface area contributed by atoms with Gasteiger partial charge in [0, 0.05) is 12.5 Å². The molecule has 0 bridgehead atoms. The standard InChI is InChI=1S/C16H19N5O3/c1-9(17)11-6-14(19-8-18-11)21-15(22)5-10-2-3-13-12(4-10)20-16(23)7-24-13/h2-4,6,8,15-16,20,22-23H,1,5,7,17H2,(H,18,19,21). The number of aromatic nitrogens is 2. The molecule has 126 valence electrons. The molecule has 8 heteroatoms. The van der Waals surface area contributed by atoms with Crippen molar-refractivity contribution in [1.82, 2.24) is 9.97 Å². The molecule has 0 radical (unpaired) electrons. The van der Waals surface area contributed by atoms with Gasteiger partial charge in [0.05, 0.1) is 17.1 Å². The van der Waals surface area contributed by atoms with E-state index in [-0.39, 0.29) is 6.61 Å². The molecular weight excluding hydrogens is 310 g/mol. The predicted octanol–water partition coefficient (Wildman–Crippen LogP) is 0.502. The molecule has 1 aliphatic rings. The Balaban J connectivity index is 1.67. The number of aliphatic hydroxyl groups is 2. The molecule has 2 unspecified atom stereocenters. The first-order chi connectivity index (χ1) is 11.5. The van der Waals surface area contributed by atoms with Gasteiger partial charge in [-0.05, 0) is 17.7 Å². The topological polar surface area (TPSA) is 126 Å². The molecule has 3 rings (SSSR count). The van der Waals surface area contributed by atoms with Crippen LogP contribution in [-0.2, 0) is 6.42 Å². The molecule has 24 heavy (non-hydrogen) atoms.